The normalized spacial score (nSPS) is 20.4. The number of nitriles is 1. The van der Waals surface area contributed by atoms with Gasteiger partial charge >= 0.3 is 0 Å². The van der Waals surface area contributed by atoms with Gasteiger partial charge in [-0.05, 0) is 78.8 Å². The summed E-state index contributed by atoms with van der Waals surface area (Å²) in [7, 11) is 0. The molecule has 3 aromatic carbocycles. The van der Waals surface area contributed by atoms with Crippen LogP contribution in [0.25, 0.3) is 10.9 Å². The highest BCUT2D eigenvalue weighted by Gasteiger charge is 2.42. The fourth-order valence-corrected chi connectivity index (χ4v) is 11.1. The van der Waals surface area contributed by atoms with Crippen LogP contribution in [0.15, 0.2) is 53.4 Å². The van der Waals surface area contributed by atoms with Gasteiger partial charge in [0.15, 0.2) is 5.78 Å². The number of hydrogen-bond acceptors (Lipinski definition) is 10. The van der Waals surface area contributed by atoms with Crippen LogP contribution in [-0.4, -0.2) is 119 Å². The van der Waals surface area contributed by atoms with Gasteiger partial charge in [0.25, 0.3) is 5.91 Å². The summed E-state index contributed by atoms with van der Waals surface area (Å²) in [5.41, 5.74) is 8.23. The molecule has 0 bridgehead atoms. The SMILES string of the molecule is CCc1cc2c(cc1N1CCC(N3CCN(C(=O)COCCSc4cccc5c4CN(C4CCC(=O)NC4=O)C5=O)CC3)CC1)C(C)(C)c1[nH]c3cc(C#N)ccc3c1C2=O. The minimum atomic E-state index is -0.651. The molecule has 0 spiro atoms. The quantitative estimate of drug-likeness (QED) is 0.124. The molecule has 4 amide bonds. The summed E-state index contributed by atoms with van der Waals surface area (Å²) in [5, 5.41) is 12.7. The van der Waals surface area contributed by atoms with Crippen molar-refractivity contribution in [2.75, 3.05) is 63.1 Å². The molecule has 13 nitrogen and oxygen atoms in total. The highest BCUT2D eigenvalue weighted by molar-refractivity contribution is 7.99. The van der Waals surface area contributed by atoms with Gasteiger partial charge in [0.1, 0.15) is 12.6 Å². The molecular formula is C47H51N7O6S. The molecule has 316 valence electrons. The maximum absolute atomic E-state index is 14.1. The van der Waals surface area contributed by atoms with Gasteiger partial charge < -0.3 is 24.4 Å². The molecule has 3 fully saturated rings. The number of thioether (sulfide) groups is 1. The van der Waals surface area contributed by atoms with Crippen LogP contribution in [0, 0.1) is 11.3 Å². The predicted molar refractivity (Wildman–Crippen MR) is 232 cm³/mol. The fraction of sp³-hybridized carbons (Fsp3) is 0.447. The predicted octanol–water partition coefficient (Wildman–Crippen LogP) is 5.16. The zero-order chi connectivity index (χ0) is 42.6. The van der Waals surface area contributed by atoms with Crippen LogP contribution in [0.5, 0.6) is 0 Å². The number of aromatic nitrogens is 1. The Morgan fingerprint density at radius 2 is 1.75 bits per heavy atom. The molecule has 5 aliphatic rings. The summed E-state index contributed by atoms with van der Waals surface area (Å²) >= 11 is 1.57. The highest BCUT2D eigenvalue weighted by Crippen LogP contribution is 2.46. The van der Waals surface area contributed by atoms with E-state index in [0.717, 1.165) is 83.6 Å². The number of aryl methyl sites for hydroxylation is 1. The van der Waals surface area contributed by atoms with Crippen LogP contribution in [0.4, 0.5) is 5.69 Å². The first-order valence-electron chi connectivity index (χ1n) is 21.5. The first-order valence-corrected chi connectivity index (χ1v) is 22.5. The molecule has 3 saturated heterocycles. The van der Waals surface area contributed by atoms with Gasteiger partial charge in [0.05, 0.1) is 23.8 Å². The number of amides is 4. The van der Waals surface area contributed by atoms with E-state index in [1.165, 1.54) is 11.3 Å². The van der Waals surface area contributed by atoms with Gasteiger partial charge in [0, 0.05) is 108 Å². The van der Waals surface area contributed by atoms with Crippen LogP contribution >= 0.6 is 11.8 Å². The smallest absolute Gasteiger partial charge is 0.255 e. The number of anilines is 1. The van der Waals surface area contributed by atoms with E-state index in [9.17, 15) is 29.2 Å². The van der Waals surface area contributed by atoms with Crippen molar-refractivity contribution in [1.82, 2.24) is 25.0 Å². The van der Waals surface area contributed by atoms with Crippen molar-refractivity contribution in [3.05, 3.63) is 93.2 Å². The highest BCUT2D eigenvalue weighted by atomic mass is 32.2. The first-order chi connectivity index (χ1) is 29.5. The lowest BCUT2D eigenvalue weighted by Crippen LogP contribution is -2.55. The summed E-state index contributed by atoms with van der Waals surface area (Å²) in [6.45, 7) is 12.1. The van der Waals surface area contributed by atoms with Gasteiger partial charge in [-0.3, -0.25) is 34.2 Å². The lowest BCUT2D eigenvalue weighted by molar-refractivity contribution is -0.138. The molecule has 1 aromatic heterocycles. The fourth-order valence-electron chi connectivity index (χ4n) is 10.1. The Morgan fingerprint density at radius 1 is 0.967 bits per heavy atom. The number of piperazine rings is 1. The summed E-state index contributed by atoms with van der Waals surface area (Å²) in [6, 6.07) is 17.5. The Labute approximate surface area is 359 Å². The second-order valence-corrected chi connectivity index (χ2v) is 18.4. The Kier molecular flexibility index (Phi) is 11.0. The van der Waals surface area contributed by atoms with Gasteiger partial charge in [-0.1, -0.05) is 32.9 Å². The van der Waals surface area contributed by atoms with E-state index < -0.39 is 17.4 Å². The molecule has 1 atom stereocenters. The molecule has 4 aromatic rings. The van der Waals surface area contributed by atoms with E-state index in [0.29, 0.717) is 61.1 Å². The third-order valence-electron chi connectivity index (χ3n) is 13.5. The van der Waals surface area contributed by atoms with Gasteiger partial charge in [-0.15, -0.1) is 11.8 Å². The van der Waals surface area contributed by atoms with E-state index in [1.54, 1.807) is 28.8 Å². The number of nitrogens with zero attached hydrogens (tertiary/aromatic N) is 5. The summed E-state index contributed by atoms with van der Waals surface area (Å²) in [5.74, 6) is -0.272. The van der Waals surface area contributed by atoms with Crippen molar-refractivity contribution in [1.29, 1.82) is 5.26 Å². The van der Waals surface area contributed by atoms with Gasteiger partial charge in [0.2, 0.25) is 17.7 Å². The van der Waals surface area contributed by atoms with Crippen LogP contribution in [0.2, 0.25) is 0 Å². The second kappa shape index (κ2) is 16.4. The minimum Gasteiger partial charge on any atom is -0.371 e. The average molecular weight is 842 g/mol. The molecule has 1 unspecified atom stereocenters. The van der Waals surface area contributed by atoms with Crippen molar-refractivity contribution in [2.24, 2.45) is 0 Å². The molecule has 4 aliphatic heterocycles. The summed E-state index contributed by atoms with van der Waals surface area (Å²) in [4.78, 5) is 77.5. The number of piperidine rings is 2. The van der Waals surface area contributed by atoms with E-state index in [4.69, 9.17) is 4.74 Å². The average Bonchev–Trinajstić information content (AvgIpc) is 3.83. The van der Waals surface area contributed by atoms with Crippen LogP contribution in [0.3, 0.4) is 0 Å². The van der Waals surface area contributed by atoms with Crippen molar-refractivity contribution in [2.45, 2.75) is 81.8 Å². The maximum Gasteiger partial charge on any atom is 0.255 e. The summed E-state index contributed by atoms with van der Waals surface area (Å²) in [6.07, 6.45) is 3.42. The molecule has 9 rings (SSSR count). The number of ether oxygens (including phenoxy) is 1. The van der Waals surface area contributed by atoms with Crippen molar-refractivity contribution >= 4 is 57.8 Å². The Hall–Kier alpha value is -5.49. The number of imide groups is 1. The van der Waals surface area contributed by atoms with Crippen LogP contribution in [0.1, 0.15) is 101 Å². The van der Waals surface area contributed by atoms with E-state index >= 15 is 0 Å². The molecule has 1 aliphatic carbocycles. The number of rotatable bonds is 10. The van der Waals surface area contributed by atoms with E-state index in [-0.39, 0.29) is 36.5 Å². The first kappa shape index (κ1) is 40.9. The second-order valence-electron chi connectivity index (χ2n) is 17.3. The van der Waals surface area contributed by atoms with Crippen molar-refractivity contribution in [3.8, 4) is 6.07 Å². The standard InChI is InChI=1S/C47H51N7O6S/c1-4-29-23-33-35(47(2,3)44-42(43(33)57)32-9-8-28(25-48)22-36(32)49-44)24-38(29)52-14-12-30(13-15-52)51-16-18-53(19-17-51)41(56)27-60-20-21-61-39-7-5-6-31-34(39)26-54(46(31)59)37-10-11-40(55)50-45(37)58/h5-9,22-24,30,37,49H,4,10-21,26-27H2,1-3H3,(H,50,55,58). The van der Waals surface area contributed by atoms with E-state index in [1.807, 2.05) is 29.2 Å². The third-order valence-corrected chi connectivity index (χ3v) is 14.6. The molecule has 14 heteroatoms. The number of hydrogen-bond donors (Lipinski definition) is 2. The number of ketones is 1. The maximum atomic E-state index is 14.1. The molecular weight excluding hydrogens is 791 g/mol. The Bertz CT molecular complexity index is 2510. The Balaban J connectivity index is 0.746. The number of nitrogens with one attached hydrogen (secondary N) is 2. The largest absolute Gasteiger partial charge is 0.371 e. The van der Waals surface area contributed by atoms with Crippen molar-refractivity contribution in [3.63, 3.8) is 0 Å². The molecule has 5 heterocycles. The molecule has 2 N–H and O–H groups in total. The number of fused-ring (bicyclic) bond motifs is 5. The molecule has 0 saturated carbocycles. The number of carbonyl (C=O) groups excluding carboxylic acids is 5. The lowest BCUT2D eigenvalue weighted by Gasteiger charge is -2.44. The number of carbonyl (C=O) groups is 5. The monoisotopic (exact) mass is 841 g/mol. The minimum absolute atomic E-state index is 0.00190. The van der Waals surface area contributed by atoms with Crippen LogP contribution in [-0.2, 0) is 37.5 Å². The molecule has 61 heavy (non-hydrogen) atoms. The number of aromatic amines is 1. The number of benzene rings is 3. The number of H-pyrrole nitrogens is 1. The summed E-state index contributed by atoms with van der Waals surface area (Å²) < 4.78 is 5.84. The van der Waals surface area contributed by atoms with E-state index in [2.05, 4.69) is 59.1 Å². The van der Waals surface area contributed by atoms with Crippen molar-refractivity contribution < 1.29 is 28.7 Å². The lowest BCUT2D eigenvalue weighted by atomic mass is 9.70. The third kappa shape index (κ3) is 7.40. The van der Waals surface area contributed by atoms with Gasteiger partial charge in [-0.2, -0.15) is 5.26 Å². The zero-order valence-electron chi connectivity index (χ0n) is 35.0. The van der Waals surface area contributed by atoms with Gasteiger partial charge in [-0.25, -0.2) is 0 Å². The Morgan fingerprint density at radius 3 is 2.49 bits per heavy atom. The van der Waals surface area contributed by atoms with Crippen LogP contribution < -0.4 is 10.2 Å². The zero-order valence-corrected chi connectivity index (χ0v) is 35.8. The topological polar surface area (TPSA) is 159 Å². The molecule has 0 radical (unpaired) electrons.